The van der Waals surface area contributed by atoms with Crippen molar-refractivity contribution in [3.63, 3.8) is 0 Å². The highest BCUT2D eigenvalue weighted by atomic mass is 32.1. The minimum absolute atomic E-state index is 0.442. The van der Waals surface area contributed by atoms with Crippen molar-refractivity contribution in [2.45, 2.75) is 59.4 Å². The zero-order valence-electron chi connectivity index (χ0n) is 13.5. The summed E-state index contributed by atoms with van der Waals surface area (Å²) >= 11 is 5.33. The number of piperidine rings is 1. The molecule has 5 heteroatoms. The Morgan fingerprint density at radius 2 is 2.00 bits per heavy atom. The van der Waals surface area contributed by atoms with E-state index in [0.717, 1.165) is 42.4 Å². The third-order valence-corrected chi connectivity index (χ3v) is 4.69. The van der Waals surface area contributed by atoms with Gasteiger partial charge in [0.15, 0.2) is 5.82 Å². The molecule has 0 amide bonds. The van der Waals surface area contributed by atoms with E-state index >= 15 is 0 Å². The van der Waals surface area contributed by atoms with Gasteiger partial charge >= 0.3 is 0 Å². The Bertz CT molecular complexity index is 529. The van der Waals surface area contributed by atoms with Gasteiger partial charge in [0.05, 0.1) is 11.3 Å². The van der Waals surface area contributed by atoms with E-state index in [2.05, 4.69) is 42.8 Å². The van der Waals surface area contributed by atoms with Gasteiger partial charge in [-0.15, -0.1) is 5.10 Å². The highest BCUT2D eigenvalue weighted by Gasteiger charge is 2.28. The van der Waals surface area contributed by atoms with Gasteiger partial charge in [0.25, 0.3) is 0 Å². The number of anilines is 1. The van der Waals surface area contributed by atoms with Crippen LogP contribution in [-0.2, 0) is 12.8 Å². The summed E-state index contributed by atoms with van der Waals surface area (Å²) in [6.07, 6.45) is 4.10. The molecule has 2 atom stereocenters. The van der Waals surface area contributed by atoms with Crippen molar-refractivity contribution in [2.24, 2.45) is 11.7 Å². The van der Waals surface area contributed by atoms with Crippen molar-refractivity contribution in [3.05, 3.63) is 16.8 Å². The fraction of sp³-hybridized carbons (Fsp3) is 0.688. The van der Waals surface area contributed by atoms with Gasteiger partial charge < -0.3 is 10.6 Å². The maximum absolute atomic E-state index is 6.03. The number of nitrogens with zero attached hydrogens (tertiary/aromatic N) is 3. The van der Waals surface area contributed by atoms with Crippen molar-refractivity contribution in [1.29, 1.82) is 0 Å². The molecule has 0 spiro atoms. The summed E-state index contributed by atoms with van der Waals surface area (Å²) in [5.74, 6) is 1.65. The predicted octanol–water partition coefficient (Wildman–Crippen LogP) is 2.86. The molecule has 0 saturated carbocycles. The molecule has 0 aliphatic carbocycles. The second-order valence-electron chi connectivity index (χ2n) is 6.07. The summed E-state index contributed by atoms with van der Waals surface area (Å²) in [5.41, 5.74) is 9.16. The minimum atomic E-state index is 0.442. The number of thiocarbonyl (C=S) groups is 1. The molecule has 2 heterocycles. The molecule has 21 heavy (non-hydrogen) atoms. The van der Waals surface area contributed by atoms with Crippen LogP contribution in [0.15, 0.2) is 0 Å². The zero-order chi connectivity index (χ0) is 15.6. The molecule has 0 bridgehead atoms. The van der Waals surface area contributed by atoms with Crippen LogP contribution in [0.3, 0.4) is 0 Å². The fourth-order valence-corrected chi connectivity index (χ4v) is 3.56. The normalized spacial score (nSPS) is 22.4. The van der Waals surface area contributed by atoms with Crippen LogP contribution in [0, 0.1) is 5.92 Å². The van der Waals surface area contributed by atoms with E-state index in [1.807, 2.05) is 0 Å². The van der Waals surface area contributed by atoms with Crippen LogP contribution < -0.4 is 10.6 Å². The molecule has 1 aliphatic rings. The van der Waals surface area contributed by atoms with Crippen LogP contribution in [0.25, 0.3) is 0 Å². The van der Waals surface area contributed by atoms with E-state index < -0.39 is 0 Å². The van der Waals surface area contributed by atoms with Crippen molar-refractivity contribution in [2.75, 3.05) is 11.4 Å². The smallest absolute Gasteiger partial charge is 0.162 e. The van der Waals surface area contributed by atoms with Gasteiger partial charge in [-0.05, 0) is 44.1 Å². The summed E-state index contributed by atoms with van der Waals surface area (Å²) < 4.78 is 0. The lowest BCUT2D eigenvalue weighted by atomic mass is 9.92. The Balaban J connectivity index is 2.50. The van der Waals surface area contributed by atoms with Crippen LogP contribution >= 0.6 is 12.2 Å². The van der Waals surface area contributed by atoms with Gasteiger partial charge in [0.2, 0.25) is 0 Å². The van der Waals surface area contributed by atoms with Crippen LogP contribution in [0.1, 0.15) is 57.4 Å². The third kappa shape index (κ3) is 3.18. The molecule has 116 valence electrons. The second kappa shape index (κ2) is 6.69. The van der Waals surface area contributed by atoms with Crippen LogP contribution in [0.5, 0.6) is 0 Å². The number of aryl methyl sites for hydroxylation is 1. The van der Waals surface area contributed by atoms with Gasteiger partial charge in [-0.2, -0.15) is 5.10 Å². The molecular weight excluding hydrogens is 280 g/mol. The number of rotatable bonds is 4. The van der Waals surface area contributed by atoms with Gasteiger partial charge in [-0.1, -0.05) is 33.0 Å². The molecule has 1 saturated heterocycles. The maximum atomic E-state index is 6.03. The Morgan fingerprint density at radius 1 is 1.29 bits per heavy atom. The molecule has 1 fully saturated rings. The monoisotopic (exact) mass is 306 g/mol. The van der Waals surface area contributed by atoms with Crippen molar-refractivity contribution in [3.8, 4) is 0 Å². The molecule has 1 aromatic rings. The summed E-state index contributed by atoms with van der Waals surface area (Å²) in [7, 11) is 0. The largest absolute Gasteiger partial charge is 0.389 e. The predicted molar refractivity (Wildman–Crippen MR) is 91.9 cm³/mol. The van der Waals surface area contributed by atoms with Gasteiger partial charge in [-0.3, -0.25) is 0 Å². The van der Waals surface area contributed by atoms with Crippen molar-refractivity contribution in [1.82, 2.24) is 10.2 Å². The number of hydrogen-bond donors (Lipinski definition) is 1. The average molecular weight is 306 g/mol. The summed E-state index contributed by atoms with van der Waals surface area (Å²) in [6.45, 7) is 9.79. The lowest BCUT2D eigenvalue weighted by Crippen LogP contribution is -2.42. The van der Waals surface area contributed by atoms with E-state index in [1.54, 1.807) is 0 Å². The van der Waals surface area contributed by atoms with E-state index in [-0.39, 0.29) is 0 Å². The first-order valence-electron chi connectivity index (χ1n) is 7.94. The molecular formula is C16H26N4S. The SMILES string of the molecule is CCc1nnc(N2CCC(C)CC2C)c(C(N)=S)c1CC. The highest BCUT2D eigenvalue weighted by Crippen LogP contribution is 2.31. The van der Waals surface area contributed by atoms with Crippen molar-refractivity contribution >= 4 is 23.0 Å². The summed E-state index contributed by atoms with van der Waals surface area (Å²) in [6, 6.07) is 0.452. The van der Waals surface area contributed by atoms with Crippen LogP contribution in [-0.4, -0.2) is 27.8 Å². The molecule has 2 unspecified atom stereocenters. The van der Waals surface area contributed by atoms with E-state index in [4.69, 9.17) is 18.0 Å². The molecule has 2 N–H and O–H groups in total. The van der Waals surface area contributed by atoms with Gasteiger partial charge in [0, 0.05) is 12.6 Å². The van der Waals surface area contributed by atoms with E-state index in [0.29, 0.717) is 11.0 Å². The summed E-state index contributed by atoms with van der Waals surface area (Å²) in [4.78, 5) is 2.78. The lowest BCUT2D eigenvalue weighted by molar-refractivity contribution is 0.375. The standard InChI is InChI=1S/C16H26N4S/c1-5-12-13(6-2)18-19-16(14(12)15(17)21)20-8-7-10(3)9-11(20)4/h10-11H,5-9H2,1-4H3,(H2,17,21). The van der Waals surface area contributed by atoms with Gasteiger partial charge in [-0.25, -0.2) is 0 Å². The molecule has 0 radical (unpaired) electrons. The van der Waals surface area contributed by atoms with Crippen LogP contribution in [0.2, 0.25) is 0 Å². The van der Waals surface area contributed by atoms with Crippen molar-refractivity contribution < 1.29 is 0 Å². The fourth-order valence-electron chi connectivity index (χ4n) is 3.34. The third-order valence-electron chi connectivity index (χ3n) is 4.48. The quantitative estimate of drug-likeness (QED) is 0.867. The Hall–Kier alpha value is -1.23. The molecule has 1 aromatic heterocycles. The van der Waals surface area contributed by atoms with E-state index in [9.17, 15) is 0 Å². The molecule has 2 rings (SSSR count). The average Bonchev–Trinajstić information content (AvgIpc) is 2.45. The number of aromatic nitrogens is 2. The highest BCUT2D eigenvalue weighted by molar-refractivity contribution is 7.80. The second-order valence-corrected chi connectivity index (χ2v) is 6.51. The molecule has 1 aliphatic heterocycles. The van der Waals surface area contributed by atoms with E-state index in [1.165, 1.54) is 18.4 Å². The first-order chi connectivity index (χ1) is 9.99. The number of hydrogen-bond acceptors (Lipinski definition) is 4. The van der Waals surface area contributed by atoms with Gasteiger partial charge in [0.1, 0.15) is 4.99 Å². The Morgan fingerprint density at radius 3 is 2.52 bits per heavy atom. The zero-order valence-corrected chi connectivity index (χ0v) is 14.3. The first kappa shape index (κ1) is 16.1. The minimum Gasteiger partial charge on any atom is -0.389 e. The molecule has 0 aromatic carbocycles. The van der Waals surface area contributed by atoms with Crippen LogP contribution in [0.4, 0.5) is 5.82 Å². The first-order valence-corrected chi connectivity index (χ1v) is 8.35. The Labute approximate surface area is 133 Å². The Kier molecular flexibility index (Phi) is 5.14. The molecule has 4 nitrogen and oxygen atoms in total. The lowest BCUT2D eigenvalue weighted by Gasteiger charge is -2.38. The number of nitrogens with two attached hydrogens (primary N) is 1. The maximum Gasteiger partial charge on any atom is 0.162 e. The summed E-state index contributed by atoms with van der Waals surface area (Å²) in [5, 5.41) is 8.92. The topological polar surface area (TPSA) is 55.0 Å².